The van der Waals surface area contributed by atoms with Crippen molar-refractivity contribution in [2.75, 3.05) is 5.88 Å². The molecule has 0 spiro atoms. The summed E-state index contributed by atoms with van der Waals surface area (Å²) in [6.45, 7) is 3.96. The summed E-state index contributed by atoms with van der Waals surface area (Å²) in [6.07, 6.45) is 1.50. The van der Waals surface area contributed by atoms with E-state index in [-0.39, 0.29) is 17.9 Å². The molecular weight excluding hydrogens is 250 g/mol. The average molecular weight is 266 g/mol. The van der Waals surface area contributed by atoms with Crippen LogP contribution < -0.4 is 5.32 Å². The van der Waals surface area contributed by atoms with Gasteiger partial charge in [-0.1, -0.05) is 25.1 Å². The first-order chi connectivity index (χ1) is 8.63. The van der Waals surface area contributed by atoms with Crippen molar-refractivity contribution in [3.8, 4) is 0 Å². The van der Waals surface area contributed by atoms with Gasteiger partial charge in [0.1, 0.15) is 11.8 Å². The second-order valence-corrected chi connectivity index (χ2v) is 4.85. The molecule has 0 bridgehead atoms. The van der Waals surface area contributed by atoms with Gasteiger partial charge in [0.25, 0.3) is 5.91 Å². The summed E-state index contributed by atoms with van der Waals surface area (Å²) in [4.78, 5) is 12.1. The summed E-state index contributed by atoms with van der Waals surface area (Å²) in [5.41, 5.74) is 1.29. The Hall–Kier alpha value is -1.48. The quantitative estimate of drug-likeness (QED) is 0.861. The number of para-hydroxylation sites is 1. The van der Waals surface area contributed by atoms with Gasteiger partial charge in [0, 0.05) is 17.3 Å². The van der Waals surface area contributed by atoms with Gasteiger partial charge in [0.05, 0.1) is 5.56 Å². The van der Waals surface area contributed by atoms with Crippen molar-refractivity contribution in [3.05, 3.63) is 36.1 Å². The largest absolute Gasteiger partial charge is 0.463 e. The van der Waals surface area contributed by atoms with Gasteiger partial charge in [-0.3, -0.25) is 4.79 Å². The molecule has 0 aliphatic rings. The van der Waals surface area contributed by atoms with Crippen molar-refractivity contribution in [3.63, 3.8) is 0 Å². The van der Waals surface area contributed by atoms with E-state index in [0.29, 0.717) is 11.4 Å². The lowest BCUT2D eigenvalue weighted by atomic mass is 10.1. The van der Waals surface area contributed by atoms with E-state index in [0.717, 1.165) is 11.0 Å². The normalized spacial score (nSPS) is 14.4. The number of carbonyl (C=O) groups excluding carboxylic acids is 1. The summed E-state index contributed by atoms with van der Waals surface area (Å²) in [5, 5.41) is 3.78. The van der Waals surface area contributed by atoms with Crippen molar-refractivity contribution in [2.45, 2.75) is 19.9 Å². The molecule has 2 unspecified atom stereocenters. The van der Waals surface area contributed by atoms with E-state index < -0.39 is 0 Å². The van der Waals surface area contributed by atoms with Crippen molar-refractivity contribution in [2.24, 2.45) is 5.92 Å². The molecule has 0 radical (unpaired) electrons. The lowest BCUT2D eigenvalue weighted by molar-refractivity contribution is 0.0932. The van der Waals surface area contributed by atoms with E-state index in [1.807, 2.05) is 38.1 Å². The molecule has 1 N–H and O–H groups in total. The van der Waals surface area contributed by atoms with Crippen LogP contribution in [0.2, 0.25) is 0 Å². The average Bonchev–Trinajstić information content (AvgIpc) is 2.81. The van der Waals surface area contributed by atoms with E-state index in [1.54, 1.807) is 0 Å². The van der Waals surface area contributed by atoms with Gasteiger partial charge in [-0.25, -0.2) is 0 Å². The predicted octanol–water partition coefficient (Wildman–Crippen LogP) is 3.43. The summed E-state index contributed by atoms with van der Waals surface area (Å²) in [5.74, 6) is 0.631. The molecule has 0 aliphatic carbocycles. The number of benzene rings is 1. The molecule has 1 aromatic heterocycles. The van der Waals surface area contributed by atoms with Crippen LogP contribution in [-0.2, 0) is 0 Å². The highest BCUT2D eigenvalue weighted by atomic mass is 35.5. The zero-order valence-corrected chi connectivity index (χ0v) is 11.2. The Morgan fingerprint density at radius 2 is 2.11 bits per heavy atom. The van der Waals surface area contributed by atoms with E-state index in [9.17, 15) is 4.79 Å². The third kappa shape index (κ3) is 2.51. The number of rotatable bonds is 4. The minimum absolute atomic E-state index is 0.0312. The molecule has 3 nitrogen and oxygen atoms in total. The minimum atomic E-state index is -0.121. The Bertz CT molecular complexity index is 549. The van der Waals surface area contributed by atoms with Crippen molar-refractivity contribution in [1.29, 1.82) is 0 Å². The molecule has 18 heavy (non-hydrogen) atoms. The monoisotopic (exact) mass is 265 g/mol. The fourth-order valence-corrected chi connectivity index (χ4v) is 1.98. The third-order valence-electron chi connectivity index (χ3n) is 3.18. The molecule has 2 aromatic rings. The van der Waals surface area contributed by atoms with Gasteiger partial charge >= 0.3 is 0 Å². The maximum atomic E-state index is 12.1. The first-order valence-corrected chi connectivity index (χ1v) is 6.50. The number of hydrogen-bond donors (Lipinski definition) is 1. The van der Waals surface area contributed by atoms with Crippen LogP contribution in [0.1, 0.15) is 24.2 Å². The van der Waals surface area contributed by atoms with Crippen molar-refractivity contribution in [1.82, 2.24) is 5.32 Å². The summed E-state index contributed by atoms with van der Waals surface area (Å²) >= 11 is 5.78. The lowest BCUT2D eigenvalue weighted by Crippen LogP contribution is -2.37. The lowest BCUT2D eigenvalue weighted by Gasteiger charge is -2.18. The SMILES string of the molecule is CC(CCl)C(C)NC(=O)c1coc2ccccc12. The summed E-state index contributed by atoms with van der Waals surface area (Å²) in [6, 6.07) is 7.52. The van der Waals surface area contributed by atoms with Gasteiger partial charge in [-0.15, -0.1) is 11.6 Å². The number of carbonyl (C=O) groups is 1. The molecule has 1 amide bonds. The molecule has 1 aromatic carbocycles. The highest BCUT2D eigenvalue weighted by Crippen LogP contribution is 2.20. The highest BCUT2D eigenvalue weighted by molar-refractivity contribution is 6.18. The molecule has 2 atom stereocenters. The molecular formula is C14H16ClNO2. The van der Waals surface area contributed by atoms with Crippen molar-refractivity contribution < 1.29 is 9.21 Å². The number of halogens is 1. The molecule has 0 saturated carbocycles. The van der Waals surface area contributed by atoms with Crippen LogP contribution >= 0.6 is 11.6 Å². The Balaban J connectivity index is 2.19. The van der Waals surface area contributed by atoms with Crippen LogP contribution in [0.15, 0.2) is 34.9 Å². The molecule has 0 fully saturated rings. The van der Waals surface area contributed by atoms with E-state index in [4.69, 9.17) is 16.0 Å². The maximum Gasteiger partial charge on any atom is 0.255 e. The third-order valence-corrected chi connectivity index (χ3v) is 3.67. The fraction of sp³-hybridized carbons (Fsp3) is 0.357. The topological polar surface area (TPSA) is 42.2 Å². The molecule has 96 valence electrons. The number of fused-ring (bicyclic) bond motifs is 1. The van der Waals surface area contributed by atoms with E-state index in [1.165, 1.54) is 6.26 Å². The van der Waals surface area contributed by atoms with Gasteiger partial charge in [-0.05, 0) is 18.9 Å². The van der Waals surface area contributed by atoms with Gasteiger partial charge < -0.3 is 9.73 Å². The van der Waals surface area contributed by atoms with Crippen LogP contribution in [0.5, 0.6) is 0 Å². The second-order valence-electron chi connectivity index (χ2n) is 4.54. The van der Waals surface area contributed by atoms with Gasteiger partial charge in [0.15, 0.2) is 0 Å². The van der Waals surface area contributed by atoms with Crippen molar-refractivity contribution >= 4 is 28.5 Å². The second kappa shape index (κ2) is 5.44. The van der Waals surface area contributed by atoms with Crippen LogP contribution in [0.25, 0.3) is 11.0 Å². The van der Waals surface area contributed by atoms with Crippen LogP contribution in [0, 0.1) is 5.92 Å². The first-order valence-electron chi connectivity index (χ1n) is 5.96. The minimum Gasteiger partial charge on any atom is -0.463 e. The van der Waals surface area contributed by atoms with Crippen LogP contribution in [0.4, 0.5) is 0 Å². The first kappa shape index (κ1) is 13.0. The van der Waals surface area contributed by atoms with Gasteiger partial charge in [0.2, 0.25) is 0 Å². The van der Waals surface area contributed by atoms with Crippen LogP contribution in [-0.4, -0.2) is 17.8 Å². The van der Waals surface area contributed by atoms with E-state index in [2.05, 4.69) is 5.32 Å². The predicted molar refractivity (Wildman–Crippen MR) is 73.0 cm³/mol. The van der Waals surface area contributed by atoms with Gasteiger partial charge in [-0.2, -0.15) is 0 Å². The number of nitrogens with one attached hydrogen (secondary N) is 1. The Morgan fingerprint density at radius 3 is 2.83 bits per heavy atom. The van der Waals surface area contributed by atoms with E-state index >= 15 is 0 Å². The Labute approximate surface area is 111 Å². The Morgan fingerprint density at radius 1 is 1.39 bits per heavy atom. The standard InChI is InChI=1S/C14H16ClNO2/c1-9(7-15)10(2)16-14(17)12-8-18-13-6-4-3-5-11(12)13/h3-6,8-10H,7H2,1-2H3,(H,16,17). The smallest absolute Gasteiger partial charge is 0.255 e. The summed E-state index contributed by atoms with van der Waals surface area (Å²) in [7, 11) is 0. The molecule has 1 heterocycles. The zero-order chi connectivity index (χ0) is 13.1. The number of hydrogen-bond acceptors (Lipinski definition) is 2. The molecule has 0 saturated heterocycles. The Kier molecular flexibility index (Phi) is 3.92. The number of furan rings is 1. The molecule has 0 aliphatic heterocycles. The fourth-order valence-electron chi connectivity index (χ4n) is 1.71. The van der Waals surface area contributed by atoms with Crippen LogP contribution in [0.3, 0.4) is 0 Å². The number of alkyl halides is 1. The maximum absolute atomic E-state index is 12.1. The number of amides is 1. The molecule has 4 heteroatoms. The molecule has 2 rings (SSSR count). The summed E-state index contributed by atoms with van der Waals surface area (Å²) < 4.78 is 5.35. The highest BCUT2D eigenvalue weighted by Gasteiger charge is 2.18. The zero-order valence-electron chi connectivity index (χ0n) is 10.4.